The summed E-state index contributed by atoms with van der Waals surface area (Å²) >= 11 is 2.09. The van der Waals surface area contributed by atoms with Crippen molar-refractivity contribution in [1.29, 1.82) is 0 Å². The zero-order valence-corrected chi connectivity index (χ0v) is 9.85. The quantitative estimate of drug-likeness (QED) is 0.756. The SMILES string of the molecule is CC1(O)CCN(CC2CCSCC2)C1. The molecule has 0 spiro atoms. The van der Waals surface area contributed by atoms with Gasteiger partial charge in [0.15, 0.2) is 0 Å². The van der Waals surface area contributed by atoms with Gasteiger partial charge >= 0.3 is 0 Å². The van der Waals surface area contributed by atoms with E-state index in [9.17, 15) is 5.11 Å². The molecule has 0 aliphatic carbocycles. The topological polar surface area (TPSA) is 23.5 Å². The van der Waals surface area contributed by atoms with E-state index in [0.29, 0.717) is 0 Å². The minimum absolute atomic E-state index is 0.413. The number of nitrogens with zero attached hydrogens (tertiary/aromatic N) is 1. The average molecular weight is 215 g/mol. The maximum Gasteiger partial charge on any atom is 0.0758 e. The molecule has 2 nitrogen and oxygen atoms in total. The molecule has 2 saturated heterocycles. The average Bonchev–Trinajstić information content (AvgIpc) is 2.47. The molecule has 2 aliphatic rings. The fourth-order valence-corrected chi connectivity index (χ4v) is 3.69. The molecular formula is C11H21NOS. The molecule has 0 radical (unpaired) electrons. The van der Waals surface area contributed by atoms with Gasteiger partial charge in [0, 0.05) is 19.6 Å². The van der Waals surface area contributed by atoms with Gasteiger partial charge in [-0.25, -0.2) is 0 Å². The first-order valence-electron chi connectivity index (χ1n) is 5.68. The minimum atomic E-state index is -0.413. The first-order valence-corrected chi connectivity index (χ1v) is 6.84. The van der Waals surface area contributed by atoms with Gasteiger partial charge in [0.1, 0.15) is 0 Å². The van der Waals surface area contributed by atoms with E-state index in [1.54, 1.807) is 0 Å². The van der Waals surface area contributed by atoms with E-state index in [1.165, 1.54) is 30.9 Å². The zero-order chi connectivity index (χ0) is 10.0. The van der Waals surface area contributed by atoms with Crippen molar-refractivity contribution >= 4 is 11.8 Å². The van der Waals surface area contributed by atoms with Crippen molar-refractivity contribution in [1.82, 2.24) is 4.90 Å². The summed E-state index contributed by atoms with van der Waals surface area (Å²) < 4.78 is 0. The summed E-state index contributed by atoms with van der Waals surface area (Å²) in [6.45, 7) is 5.16. The fraction of sp³-hybridized carbons (Fsp3) is 1.00. The molecule has 1 atom stereocenters. The molecule has 82 valence electrons. The van der Waals surface area contributed by atoms with Crippen molar-refractivity contribution in [2.24, 2.45) is 5.92 Å². The van der Waals surface area contributed by atoms with Crippen LogP contribution in [0.15, 0.2) is 0 Å². The van der Waals surface area contributed by atoms with Gasteiger partial charge < -0.3 is 10.0 Å². The zero-order valence-electron chi connectivity index (χ0n) is 9.04. The number of β-amino-alcohol motifs (C(OH)–C–C–N with tert-alkyl or cyclic N) is 1. The highest BCUT2D eigenvalue weighted by Gasteiger charge is 2.32. The van der Waals surface area contributed by atoms with Crippen molar-refractivity contribution < 1.29 is 5.11 Å². The Morgan fingerprint density at radius 1 is 1.43 bits per heavy atom. The lowest BCUT2D eigenvalue weighted by molar-refractivity contribution is 0.0664. The Bertz CT molecular complexity index is 190. The van der Waals surface area contributed by atoms with E-state index in [4.69, 9.17) is 0 Å². The van der Waals surface area contributed by atoms with E-state index in [1.807, 2.05) is 6.92 Å². The lowest BCUT2D eigenvalue weighted by Crippen LogP contribution is -2.33. The van der Waals surface area contributed by atoms with Crippen LogP contribution in [0.2, 0.25) is 0 Å². The first-order chi connectivity index (χ1) is 6.66. The van der Waals surface area contributed by atoms with Crippen LogP contribution in [0.4, 0.5) is 0 Å². The molecule has 0 amide bonds. The second-order valence-electron chi connectivity index (χ2n) is 5.04. The molecule has 2 rings (SSSR count). The molecule has 2 heterocycles. The lowest BCUT2D eigenvalue weighted by Gasteiger charge is -2.27. The van der Waals surface area contributed by atoms with E-state index in [-0.39, 0.29) is 0 Å². The van der Waals surface area contributed by atoms with Gasteiger partial charge in [0.25, 0.3) is 0 Å². The molecule has 1 N–H and O–H groups in total. The largest absolute Gasteiger partial charge is 0.389 e. The minimum Gasteiger partial charge on any atom is -0.389 e. The van der Waals surface area contributed by atoms with Crippen LogP contribution >= 0.6 is 11.8 Å². The molecule has 0 aromatic carbocycles. The van der Waals surface area contributed by atoms with Gasteiger partial charge in [-0.15, -0.1) is 0 Å². The maximum atomic E-state index is 9.85. The van der Waals surface area contributed by atoms with Crippen LogP contribution in [0, 0.1) is 5.92 Å². The summed E-state index contributed by atoms with van der Waals surface area (Å²) in [5, 5.41) is 9.85. The van der Waals surface area contributed by atoms with Crippen LogP contribution in [-0.4, -0.2) is 46.7 Å². The van der Waals surface area contributed by atoms with E-state index >= 15 is 0 Å². The second kappa shape index (κ2) is 4.42. The molecule has 0 aromatic heterocycles. The molecule has 14 heavy (non-hydrogen) atoms. The third-order valence-corrected chi connectivity index (χ3v) is 4.44. The summed E-state index contributed by atoms with van der Waals surface area (Å²) in [6, 6.07) is 0. The van der Waals surface area contributed by atoms with Crippen LogP contribution in [0.3, 0.4) is 0 Å². The summed E-state index contributed by atoms with van der Waals surface area (Å²) in [5.41, 5.74) is -0.413. The number of aliphatic hydroxyl groups is 1. The van der Waals surface area contributed by atoms with Gasteiger partial charge in [0.05, 0.1) is 5.60 Å². The van der Waals surface area contributed by atoms with Crippen LogP contribution < -0.4 is 0 Å². The third kappa shape index (κ3) is 2.88. The van der Waals surface area contributed by atoms with Crippen molar-refractivity contribution in [2.75, 3.05) is 31.1 Å². The standard InChI is InChI=1S/C11H21NOS/c1-11(13)4-5-12(9-11)8-10-2-6-14-7-3-10/h10,13H,2-9H2,1H3. The summed E-state index contributed by atoms with van der Waals surface area (Å²) in [7, 11) is 0. The van der Waals surface area contributed by atoms with E-state index < -0.39 is 5.60 Å². The third-order valence-electron chi connectivity index (χ3n) is 3.39. The molecule has 3 heteroatoms. The highest BCUT2D eigenvalue weighted by molar-refractivity contribution is 7.99. The highest BCUT2D eigenvalue weighted by atomic mass is 32.2. The van der Waals surface area contributed by atoms with Crippen molar-refractivity contribution in [3.05, 3.63) is 0 Å². The van der Waals surface area contributed by atoms with Crippen LogP contribution in [0.5, 0.6) is 0 Å². The Balaban J connectivity index is 1.75. The van der Waals surface area contributed by atoms with Gasteiger partial charge in [-0.05, 0) is 43.6 Å². The van der Waals surface area contributed by atoms with Crippen LogP contribution in [-0.2, 0) is 0 Å². The van der Waals surface area contributed by atoms with E-state index in [2.05, 4.69) is 16.7 Å². The van der Waals surface area contributed by atoms with Gasteiger partial charge in [0.2, 0.25) is 0 Å². The molecule has 1 unspecified atom stereocenters. The number of thioether (sulfide) groups is 1. The van der Waals surface area contributed by atoms with Gasteiger partial charge in [-0.3, -0.25) is 0 Å². The van der Waals surface area contributed by atoms with E-state index in [0.717, 1.165) is 25.4 Å². The lowest BCUT2D eigenvalue weighted by atomic mass is 10.0. The van der Waals surface area contributed by atoms with Crippen molar-refractivity contribution in [3.8, 4) is 0 Å². The normalized spacial score (nSPS) is 36.4. The molecular weight excluding hydrogens is 194 g/mol. The number of rotatable bonds is 2. The molecule has 2 aliphatic heterocycles. The van der Waals surface area contributed by atoms with Crippen LogP contribution in [0.25, 0.3) is 0 Å². The summed E-state index contributed by atoms with van der Waals surface area (Å²) in [5.74, 6) is 3.58. The number of hydrogen-bond acceptors (Lipinski definition) is 3. The maximum absolute atomic E-state index is 9.85. The Hall–Kier alpha value is 0.270. The fourth-order valence-electron chi connectivity index (χ4n) is 2.49. The first kappa shape index (κ1) is 10.8. The number of hydrogen-bond donors (Lipinski definition) is 1. The molecule has 2 fully saturated rings. The Morgan fingerprint density at radius 2 is 2.14 bits per heavy atom. The molecule has 0 bridgehead atoms. The number of likely N-dealkylation sites (tertiary alicyclic amines) is 1. The smallest absolute Gasteiger partial charge is 0.0758 e. The van der Waals surface area contributed by atoms with Crippen molar-refractivity contribution in [3.63, 3.8) is 0 Å². The summed E-state index contributed by atoms with van der Waals surface area (Å²) in [4.78, 5) is 2.45. The Morgan fingerprint density at radius 3 is 2.71 bits per heavy atom. The second-order valence-corrected chi connectivity index (χ2v) is 6.26. The summed E-state index contributed by atoms with van der Waals surface area (Å²) in [6.07, 6.45) is 3.71. The highest BCUT2D eigenvalue weighted by Crippen LogP contribution is 2.26. The monoisotopic (exact) mass is 215 g/mol. The predicted octanol–water partition coefficient (Wildman–Crippen LogP) is 1.59. The van der Waals surface area contributed by atoms with Gasteiger partial charge in [-0.1, -0.05) is 0 Å². The Kier molecular flexibility index (Phi) is 3.40. The predicted molar refractivity (Wildman–Crippen MR) is 61.7 cm³/mol. The van der Waals surface area contributed by atoms with Crippen molar-refractivity contribution in [2.45, 2.75) is 31.8 Å². The molecule has 0 aromatic rings. The van der Waals surface area contributed by atoms with Gasteiger partial charge in [-0.2, -0.15) is 11.8 Å². The molecule has 0 saturated carbocycles. The van der Waals surface area contributed by atoms with Crippen LogP contribution in [0.1, 0.15) is 26.2 Å². The Labute approximate surface area is 91.1 Å².